The van der Waals surface area contributed by atoms with Crippen LogP contribution in [0.5, 0.6) is 11.5 Å². The quantitative estimate of drug-likeness (QED) is 0.414. The number of nitrogens with zero attached hydrogens (tertiary/aromatic N) is 3. The van der Waals surface area contributed by atoms with Gasteiger partial charge in [0.2, 0.25) is 0 Å². The number of aromatic nitrogens is 2. The molecule has 1 aromatic heterocycles. The van der Waals surface area contributed by atoms with Crippen molar-refractivity contribution in [1.29, 1.82) is 0 Å². The summed E-state index contributed by atoms with van der Waals surface area (Å²) in [4.78, 5) is 15.6. The van der Waals surface area contributed by atoms with E-state index in [9.17, 15) is 4.79 Å². The highest BCUT2D eigenvalue weighted by Crippen LogP contribution is 2.29. The van der Waals surface area contributed by atoms with Gasteiger partial charge in [0.1, 0.15) is 6.61 Å². The van der Waals surface area contributed by atoms with Gasteiger partial charge in [0.05, 0.1) is 36.4 Å². The molecule has 7 nitrogen and oxygen atoms in total. The first-order valence-corrected chi connectivity index (χ1v) is 11.5. The van der Waals surface area contributed by atoms with Crippen LogP contribution in [0.25, 0.3) is 5.69 Å². The van der Waals surface area contributed by atoms with Crippen molar-refractivity contribution in [3.63, 3.8) is 0 Å². The van der Waals surface area contributed by atoms with Crippen molar-refractivity contribution in [2.75, 3.05) is 26.9 Å². The normalized spacial score (nSPS) is 15.2. The second kappa shape index (κ2) is 11.0. The monoisotopic (exact) mass is 461 g/mol. The Kier molecular flexibility index (Phi) is 7.65. The van der Waals surface area contributed by atoms with Gasteiger partial charge in [-0.2, -0.15) is 5.10 Å². The third kappa shape index (κ3) is 5.31. The lowest BCUT2D eigenvalue weighted by Gasteiger charge is -2.26. The highest BCUT2D eigenvalue weighted by Gasteiger charge is 2.26. The Hall–Kier alpha value is -3.58. The van der Waals surface area contributed by atoms with Crippen LogP contribution >= 0.6 is 0 Å². The molecule has 1 aliphatic rings. The van der Waals surface area contributed by atoms with Gasteiger partial charge >= 0.3 is 0 Å². The molecule has 2 aromatic carbocycles. The number of methoxy groups -OCH3 is 1. The van der Waals surface area contributed by atoms with Crippen LogP contribution in [-0.2, 0) is 11.3 Å². The molecule has 2 heterocycles. The summed E-state index contributed by atoms with van der Waals surface area (Å²) in [6.45, 7) is 7.68. The Morgan fingerprint density at radius 2 is 2.09 bits per heavy atom. The van der Waals surface area contributed by atoms with Crippen molar-refractivity contribution < 1.29 is 19.0 Å². The largest absolute Gasteiger partial charge is 0.493 e. The number of rotatable bonds is 10. The number of para-hydroxylation sites is 1. The van der Waals surface area contributed by atoms with Gasteiger partial charge in [-0.1, -0.05) is 36.9 Å². The van der Waals surface area contributed by atoms with Crippen LogP contribution in [0, 0.1) is 6.92 Å². The fourth-order valence-corrected chi connectivity index (χ4v) is 4.17. The Morgan fingerprint density at radius 1 is 1.26 bits per heavy atom. The van der Waals surface area contributed by atoms with Crippen molar-refractivity contribution in [1.82, 2.24) is 14.7 Å². The van der Waals surface area contributed by atoms with E-state index in [1.54, 1.807) is 24.1 Å². The standard InChI is InChI=1S/C27H31N3O4/c1-4-14-34-25-13-12-21(16-26(25)32-3)18-29(19-23-11-8-15-33-23)27(31)24-17-28-30(20(24)2)22-9-6-5-7-10-22/h4-7,9-10,12-13,16-17,23H,1,8,11,14-15,18-19H2,2-3H3. The molecule has 3 aromatic rings. The van der Waals surface area contributed by atoms with Gasteiger partial charge < -0.3 is 19.1 Å². The molecule has 0 N–H and O–H groups in total. The summed E-state index contributed by atoms with van der Waals surface area (Å²) in [6, 6.07) is 15.5. The smallest absolute Gasteiger partial charge is 0.257 e. The SMILES string of the molecule is C=CCOc1ccc(CN(CC2CCCO2)C(=O)c2cnn(-c3ccccc3)c2C)cc1OC. The van der Waals surface area contributed by atoms with Gasteiger partial charge in [0.15, 0.2) is 11.5 Å². The fourth-order valence-electron chi connectivity index (χ4n) is 4.17. The third-order valence-electron chi connectivity index (χ3n) is 5.93. The molecule has 1 saturated heterocycles. The molecule has 1 atom stereocenters. The second-order valence-electron chi connectivity index (χ2n) is 8.30. The predicted molar refractivity (Wildman–Crippen MR) is 131 cm³/mol. The zero-order valence-electron chi connectivity index (χ0n) is 19.8. The molecule has 1 aliphatic heterocycles. The van der Waals surface area contributed by atoms with Crippen molar-refractivity contribution in [3.05, 3.63) is 84.2 Å². The maximum Gasteiger partial charge on any atom is 0.257 e. The Labute approximate surface area is 200 Å². The minimum Gasteiger partial charge on any atom is -0.493 e. The van der Waals surface area contributed by atoms with Crippen LogP contribution in [0.2, 0.25) is 0 Å². The fraction of sp³-hybridized carbons (Fsp3) is 0.333. The van der Waals surface area contributed by atoms with Gasteiger partial charge in [-0.15, -0.1) is 0 Å². The lowest BCUT2D eigenvalue weighted by molar-refractivity contribution is 0.0506. The molecule has 0 radical (unpaired) electrons. The number of amides is 1. The molecule has 0 bridgehead atoms. The number of carbonyl (C=O) groups excluding carboxylic acids is 1. The first-order valence-electron chi connectivity index (χ1n) is 11.5. The summed E-state index contributed by atoms with van der Waals surface area (Å²) in [5.41, 5.74) is 3.26. The van der Waals surface area contributed by atoms with Crippen molar-refractivity contribution in [3.8, 4) is 17.2 Å². The first-order chi connectivity index (χ1) is 16.6. The molecule has 0 saturated carbocycles. The number of hydrogen-bond acceptors (Lipinski definition) is 5. The zero-order chi connectivity index (χ0) is 23.9. The Bertz CT molecular complexity index is 1120. The van der Waals surface area contributed by atoms with Crippen LogP contribution < -0.4 is 9.47 Å². The van der Waals surface area contributed by atoms with Gasteiger partial charge in [-0.25, -0.2) is 4.68 Å². The van der Waals surface area contributed by atoms with Crippen LogP contribution in [0.3, 0.4) is 0 Å². The topological polar surface area (TPSA) is 65.8 Å². The van der Waals surface area contributed by atoms with E-state index in [1.165, 1.54) is 0 Å². The molecule has 1 amide bonds. The minimum absolute atomic E-state index is 0.0329. The number of ether oxygens (including phenoxy) is 3. The van der Waals surface area contributed by atoms with Crippen LogP contribution in [0.1, 0.15) is 34.5 Å². The first kappa shape index (κ1) is 23.6. The number of carbonyl (C=O) groups is 1. The van der Waals surface area contributed by atoms with Crippen LogP contribution in [-0.4, -0.2) is 53.6 Å². The molecule has 7 heteroatoms. The lowest BCUT2D eigenvalue weighted by atomic mass is 10.1. The zero-order valence-corrected chi connectivity index (χ0v) is 19.8. The molecular weight excluding hydrogens is 430 g/mol. The molecule has 1 unspecified atom stereocenters. The highest BCUT2D eigenvalue weighted by atomic mass is 16.5. The summed E-state index contributed by atoms with van der Waals surface area (Å²) in [5.74, 6) is 1.20. The van der Waals surface area contributed by atoms with E-state index in [4.69, 9.17) is 14.2 Å². The molecule has 178 valence electrons. The maximum absolute atomic E-state index is 13.7. The summed E-state index contributed by atoms with van der Waals surface area (Å²) < 4.78 is 18.8. The van der Waals surface area contributed by atoms with E-state index < -0.39 is 0 Å². The molecule has 34 heavy (non-hydrogen) atoms. The van der Waals surface area contributed by atoms with Crippen molar-refractivity contribution in [2.24, 2.45) is 0 Å². The molecule has 0 spiro atoms. The summed E-state index contributed by atoms with van der Waals surface area (Å²) >= 11 is 0. The van der Waals surface area contributed by atoms with E-state index in [0.29, 0.717) is 36.8 Å². The summed E-state index contributed by atoms with van der Waals surface area (Å²) in [7, 11) is 1.61. The van der Waals surface area contributed by atoms with E-state index >= 15 is 0 Å². The maximum atomic E-state index is 13.7. The molecular formula is C27H31N3O4. The van der Waals surface area contributed by atoms with Crippen LogP contribution in [0.4, 0.5) is 0 Å². The molecule has 1 fully saturated rings. The van der Waals surface area contributed by atoms with E-state index in [1.807, 2.05) is 60.4 Å². The van der Waals surface area contributed by atoms with Gasteiger partial charge in [0.25, 0.3) is 5.91 Å². The average molecular weight is 462 g/mol. The summed E-state index contributed by atoms with van der Waals surface area (Å²) in [6.07, 6.45) is 5.34. The van der Waals surface area contributed by atoms with Gasteiger partial charge in [0, 0.05) is 19.7 Å². The Balaban J connectivity index is 1.60. The third-order valence-corrected chi connectivity index (χ3v) is 5.93. The van der Waals surface area contributed by atoms with Crippen molar-refractivity contribution >= 4 is 5.91 Å². The molecule has 0 aliphatic carbocycles. The van der Waals surface area contributed by atoms with Crippen molar-refractivity contribution in [2.45, 2.75) is 32.4 Å². The minimum atomic E-state index is -0.0684. The van der Waals surface area contributed by atoms with Crippen LogP contribution in [0.15, 0.2) is 67.4 Å². The summed E-state index contributed by atoms with van der Waals surface area (Å²) in [5, 5.41) is 4.49. The van der Waals surface area contributed by atoms with E-state index in [2.05, 4.69) is 11.7 Å². The van der Waals surface area contributed by atoms with Gasteiger partial charge in [-0.3, -0.25) is 4.79 Å². The number of hydrogen-bond donors (Lipinski definition) is 0. The number of benzene rings is 2. The second-order valence-corrected chi connectivity index (χ2v) is 8.30. The van der Waals surface area contributed by atoms with E-state index in [0.717, 1.165) is 36.4 Å². The molecule has 4 rings (SSSR count). The lowest BCUT2D eigenvalue weighted by Crippen LogP contribution is -2.37. The van der Waals surface area contributed by atoms with E-state index in [-0.39, 0.29) is 12.0 Å². The van der Waals surface area contributed by atoms with Gasteiger partial charge in [-0.05, 0) is 49.6 Å². The average Bonchev–Trinajstić information content (AvgIpc) is 3.52. The predicted octanol–water partition coefficient (Wildman–Crippen LogP) is 4.58. The Morgan fingerprint density at radius 3 is 2.79 bits per heavy atom. The highest BCUT2D eigenvalue weighted by molar-refractivity contribution is 5.95.